The molecule has 0 bridgehead atoms. The van der Waals surface area contributed by atoms with Crippen LogP contribution in [0.1, 0.15) is 62.1 Å². The van der Waals surface area contributed by atoms with Crippen molar-refractivity contribution in [3.8, 4) is 0 Å². The van der Waals surface area contributed by atoms with Gasteiger partial charge in [0.05, 0.1) is 17.5 Å². The normalized spacial score (nSPS) is 19.7. The summed E-state index contributed by atoms with van der Waals surface area (Å²) in [6.07, 6.45) is 7.26. The predicted molar refractivity (Wildman–Crippen MR) is 117 cm³/mol. The van der Waals surface area contributed by atoms with Crippen LogP contribution in [0.25, 0.3) is 0 Å². The molecule has 0 spiro atoms. The van der Waals surface area contributed by atoms with Crippen molar-refractivity contribution in [2.75, 3.05) is 6.54 Å². The molecule has 1 atom stereocenters. The SMILES string of the molecule is O=C(CN(C1CCCCC1)S(=O)(=O)c1ccc(F)cc1)N[C@H]1CCCc2ccccc21. The van der Waals surface area contributed by atoms with Gasteiger partial charge in [-0.25, -0.2) is 12.8 Å². The quantitative estimate of drug-likeness (QED) is 0.721. The molecule has 166 valence electrons. The summed E-state index contributed by atoms with van der Waals surface area (Å²) in [5.74, 6) is -0.783. The summed E-state index contributed by atoms with van der Waals surface area (Å²) in [5, 5.41) is 3.07. The molecule has 0 unspecified atom stereocenters. The molecule has 5 nitrogen and oxygen atoms in total. The van der Waals surface area contributed by atoms with Crippen molar-refractivity contribution >= 4 is 15.9 Å². The topological polar surface area (TPSA) is 66.5 Å². The molecule has 2 aliphatic rings. The highest BCUT2D eigenvalue weighted by Crippen LogP contribution is 2.31. The second kappa shape index (κ2) is 9.49. The molecule has 2 aromatic carbocycles. The molecule has 0 heterocycles. The zero-order chi connectivity index (χ0) is 21.8. The molecule has 1 N–H and O–H groups in total. The average Bonchev–Trinajstić information content (AvgIpc) is 2.78. The number of nitrogens with zero attached hydrogens (tertiary/aromatic N) is 1. The van der Waals surface area contributed by atoms with E-state index in [1.165, 1.54) is 22.0 Å². The van der Waals surface area contributed by atoms with Gasteiger partial charge >= 0.3 is 0 Å². The van der Waals surface area contributed by atoms with E-state index in [4.69, 9.17) is 0 Å². The Morgan fingerprint density at radius 3 is 2.42 bits per heavy atom. The van der Waals surface area contributed by atoms with E-state index in [9.17, 15) is 17.6 Å². The molecule has 0 aliphatic heterocycles. The first-order valence-corrected chi connectivity index (χ1v) is 12.5. The molecule has 0 aromatic heterocycles. The highest BCUT2D eigenvalue weighted by atomic mass is 32.2. The van der Waals surface area contributed by atoms with Crippen LogP contribution < -0.4 is 5.32 Å². The zero-order valence-corrected chi connectivity index (χ0v) is 18.4. The Hall–Kier alpha value is -2.25. The first-order chi connectivity index (χ1) is 14.9. The van der Waals surface area contributed by atoms with Gasteiger partial charge in [0, 0.05) is 6.04 Å². The Labute approximate surface area is 183 Å². The predicted octanol–water partition coefficient (Wildman–Crippen LogP) is 4.34. The van der Waals surface area contributed by atoms with E-state index in [2.05, 4.69) is 11.4 Å². The first-order valence-electron chi connectivity index (χ1n) is 11.1. The van der Waals surface area contributed by atoms with Gasteiger partial charge in [0.15, 0.2) is 0 Å². The first kappa shape index (κ1) is 22.0. The molecule has 2 aromatic rings. The fraction of sp³-hybridized carbons (Fsp3) is 0.458. The number of amides is 1. The van der Waals surface area contributed by atoms with E-state index in [1.54, 1.807) is 0 Å². The number of sulfonamides is 1. The van der Waals surface area contributed by atoms with Crippen molar-refractivity contribution in [2.45, 2.75) is 68.3 Å². The second-order valence-corrected chi connectivity index (χ2v) is 10.4. The molecular weight excluding hydrogens is 415 g/mol. The summed E-state index contributed by atoms with van der Waals surface area (Å²) in [6, 6.07) is 12.6. The second-order valence-electron chi connectivity index (χ2n) is 8.51. The minimum Gasteiger partial charge on any atom is -0.348 e. The third kappa shape index (κ3) is 4.99. The number of rotatable bonds is 6. The van der Waals surface area contributed by atoms with E-state index in [-0.39, 0.29) is 29.4 Å². The molecule has 1 saturated carbocycles. The summed E-state index contributed by atoms with van der Waals surface area (Å²) in [6.45, 7) is -0.219. The summed E-state index contributed by atoms with van der Waals surface area (Å²) in [4.78, 5) is 13.1. The van der Waals surface area contributed by atoms with E-state index in [1.807, 2.05) is 18.2 Å². The van der Waals surface area contributed by atoms with Crippen molar-refractivity contribution in [2.24, 2.45) is 0 Å². The zero-order valence-electron chi connectivity index (χ0n) is 17.6. The maximum Gasteiger partial charge on any atom is 0.243 e. The molecule has 0 radical (unpaired) electrons. The van der Waals surface area contributed by atoms with Crippen LogP contribution in [0.15, 0.2) is 53.4 Å². The molecule has 31 heavy (non-hydrogen) atoms. The van der Waals surface area contributed by atoms with Crippen molar-refractivity contribution < 1.29 is 17.6 Å². The Balaban J connectivity index is 1.55. The minimum absolute atomic E-state index is 0.0234. The lowest BCUT2D eigenvalue weighted by Crippen LogP contribution is -2.47. The Kier molecular flexibility index (Phi) is 6.72. The van der Waals surface area contributed by atoms with Crippen molar-refractivity contribution in [3.05, 3.63) is 65.5 Å². The number of fused-ring (bicyclic) bond motifs is 1. The summed E-state index contributed by atoms with van der Waals surface area (Å²) >= 11 is 0. The van der Waals surface area contributed by atoms with E-state index >= 15 is 0 Å². The largest absolute Gasteiger partial charge is 0.348 e. The Morgan fingerprint density at radius 1 is 0.968 bits per heavy atom. The molecule has 4 rings (SSSR count). The smallest absolute Gasteiger partial charge is 0.243 e. The fourth-order valence-corrected chi connectivity index (χ4v) is 6.45. The van der Waals surface area contributed by atoms with Gasteiger partial charge in [-0.15, -0.1) is 0 Å². The van der Waals surface area contributed by atoms with Gasteiger partial charge in [-0.1, -0.05) is 43.5 Å². The van der Waals surface area contributed by atoms with Gasteiger partial charge in [-0.3, -0.25) is 4.79 Å². The van der Waals surface area contributed by atoms with Crippen LogP contribution in [0.3, 0.4) is 0 Å². The van der Waals surface area contributed by atoms with Gasteiger partial charge in [-0.05, 0) is 67.5 Å². The number of halogens is 1. The summed E-state index contributed by atoms with van der Waals surface area (Å²) in [5.41, 5.74) is 2.36. The van der Waals surface area contributed by atoms with Gasteiger partial charge < -0.3 is 5.32 Å². The van der Waals surface area contributed by atoms with Crippen LogP contribution in [0.5, 0.6) is 0 Å². The van der Waals surface area contributed by atoms with Gasteiger partial charge in [0.2, 0.25) is 15.9 Å². The van der Waals surface area contributed by atoms with E-state index in [0.717, 1.165) is 69.1 Å². The lowest BCUT2D eigenvalue weighted by atomic mass is 9.88. The molecule has 7 heteroatoms. The Bertz CT molecular complexity index is 1020. The summed E-state index contributed by atoms with van der Waals surface area (Å²) < 4.78 is 41.5. The monoisotopic (exact) mass is 444 g/mol. The standard InChI is InChI=1S/C24H29FN2O3S/c25-19-13-15-21(16-14-19)31(29,30)27(20-9-2-1-3-10-20)17-24(28)26-23-12-6-8-18-7-4-5-11-22(18)23/h4-5,7,11,13-16,20,23H,1-3,6,8-10,12,17H2,(H,26,28)/t23-/m0/s1. The number of aryl methyl sites for hydroxylation is 1. The molecule has 0 saturated heterocycles. The number of carbonyl (C=O) groups excluding carboxylic acids is 1. The number of benzene rings is 2. The van der Waals surface area contributed by atoms with Crippen LogP contribution >= 0.6 is 0 Å². The molecule has 1 amide bonds. The maximum absolute atomic E-state index is 13.4. The van der Waals surface area contributed by atoms with Crippen molar-refractivity contribution in [1.29, 1.82) is 0 Å². The van der Waals surface area contributed by atoms with Crippen LogP contribution in [-0.4, -0.2) is 31.2 Å². The van der Waals surface area contributed by atoms with Crippen LogP contribution in [0.4, 0.5) is 4.39 Å². The maximum atomic E-state index is 13.4. The van der Waals surface area contributed by atoms with Crippen LogP contribution in [0.2, 0.25) is 0 Å². The molecular formula is C24H29FN2O3S. The van der Waals surface area contributed by atoms with Crippen LogP contribution in [0, 0.1) is 5.82 Å². The summed E-state index contributed by atoms with van der Waals surface area (Å²) in [7, 11) is -3.91. The van der Waals surface area contributed by atoms with Gasteiger partial charge in [0.25, 0.3) is 0 Å². The fourth-order valence-electron chi connectivity index (χ4n) is 4.81. The average molecular weight is 445 g/mol. The third-order valence-electron chi connectivity index (χ3n) is 6.41. The highest BCUT2D eigenvalue weighted by molar-refractivity contribution is 7.89. The number of nitrogens with one attached hydrogen (secondary N) is 1. The minimum atomic E-state index is -3.91. The van der Waals surface area contributed by atoms with Gasteiger partial charge in [0.1, 0.15) is 5.82 Å². The van der Waals surface area contributed by atoms with Crippen LogP contribution in [-0.2, 0) is 21.2 Å². The molecule has 1 fully saturated rings. The highest BCUT2D eigenvalue weighted by Gasteiger charge is 2.34. The Morgan fingerprint density at radius 2 is 1.68 bits per heavy atom. The number of carbonyl (C=O) groups is 1. The van der Waals surface area contributed by atoms with Crippen molar-refractivity contribution in [1.82, 2.24) is 9.62 Å². The van der Waals surface area contributed by atoms with Gasteiger partial charge in [-0.2, -0.15) is 4.31 Å². The lowest BCUT2D eigenvalue weighted by Gasteiger charge is -2.34. The number of hydrogen-bond acceptors (Lipinski definition) is 3. The molecule has 2 aliphatic carbocycles. The third-order valence-corrected chi connectivity index (χ3v) is 8.32. The van der Waals surface area contributed by atoms with E-state index < -0.39 is 15.8 Å². The van der Waals surface area contributed by atoms with E-state index in [0.29, 0.717) is 0 Å². The lowest BCUT2D eigenvalue weighted by molar-refractivity contribution is -0.122. The van der Waals surface area contributed by atoms with Crippen molar-refractivity contribution in [3.63, 3.8) is 0 Å². The number of hydrogen-bond donors (Lipinski definition) is 1.